The van der Waals surface area contributed by atoms with E-state index in [2.05, 4.69) is 169 Å². The first-order valence-electron chi connectivity index (χ1n) is 17.4. The molecule has 6 rings (SSSR count). The van der Waals surface area contributed by atoms with Crippen LogP contribution < -0.4 is 0 Å². The number of nitrogens with one attached hydrogen (secondary N) is 3. The Kier molecular flexibility index (Phi) is 14.6. The third kappa shape index (κ3) is 14.6. The topological polar surface area (TPSA) is 112 Å². The molecule has 0 fully saturated rings. The third-order valence-electron chi connectivity index (χ3n) is 7.60. The first-order valence-corrected chi connectivity index (χ1v) is 17.4. The summed E-state index contributed by atoms with van der Waals surface area (Å²) < 4.78 is 5.09. The van der Waals surface area contributed by atoms with E-state index in [1.165, 1.54) is 23.3 Å². The van der Waals surface area contributed by atoms with Gasteiger partial charge in [0, 0.05) is 57.3 Å². The highest BCUT2D eigenvalue weighted by molar-refractivity contribution is 5.75. The Morgan fingerprint density at radius 2 is 1.22 bits per heavy atom. The van der Waals surface area contributed by atoms with Crippen molar-refractivity contribution in [2.75, 3.05) is 0 Å². The lowest BCUT2D eigenvalue weighted by Gasteiger charge is -2.18. The molecule has 0 aliphatic rings. The Bertz CT molecular complexity index is 1630. The van der Waals surface area contributed by atoms with E-state index in [4.69, 9.17) is 4.42 Å². The maximum Gasteiger partial charge on any atom is 0.180 e. The molecule has 0 saturated heterocycles. The molecule has 50 heavy (non-hydrogen) atoms. The van der Waals surface area contributed by atoms with Gasteiger partial charge in [-0.2, -0.15) is 0 Å². The van der Waals surface area contributed by atoms with Gasteiger partial charge in [0.25, 0.3) is 0 Å². The predicted molar refractivity (Wildman–Crippen MR) is 210 cm³/mol. The lowest BCUT2D eigenvalue weighted by molar-refractivity contribution is 0.408. The molecule has 0 saturated carbocycles. The molecule has 0 aliphatic carbocycles. The molecule has 1 aromatic carbocycles. The lowest BCUT2D eigenvalue weighted by Crippen LogP contribution is -2.12. The summed E-state index contributed by atoms with van der Waals surface area (Å²) in [6.45, 7) is 32.4. The number of pyridine rings is 1. The predicted octanol–water partition coefficient (Wildman–Crippen LogP) is 11.2. The minimum Gasteiger partial charge on any atom is -0.448 e. The monoisotopic (exact) mass is 682 g/mol. The van der Waals surface area contributed by atoms with E-state index in [0.717, 1.165) is 22.5 Å². The van der Waals surface area contributed by atoms with Crippen molar-refractivity contribution < 1.29 is 4.42 Å². The molecule has 0 unspecified atom stereocenters. The van der Waals surface area contributed by atoms with E-state index < -0.39 is 0 Å². The van der Waals surface area contributed by atoms with Gasteiger partial charge in [0.1, 0.15) is 5.76 Å². The van der Waals surface area contributed by atoms with Crippen molar-refractivity contribution in [1.82, 2.24) is 34.9 Å². The Morgan fingerprint density at radius 3 is 1.58 bits per heavy atom. The Balaban J connectivity index is 0.000000219. The van der Waals surface area contributed by atoms with Crippen LogP contribution in [0.3, 0.4) is 0 Å². The van der Waals surface area contributed by atoms with Gasteiger partial charge in [-0.1, -0.05) is 116 Å². The third-order valence-corrected chi connectivity index (χ3v) is 7.60. The van der Waals surface area contributed by atoms with Crippen LogP contribution in [0, 0.1) is 0 Å². The first-order chi connectivity index (χ1) is 23.0. The van der Waals surface area contributed by atoms with Gasteiger partial charge in [-0.3, -0.25) is 4.98 Å². The smallest absolute Gasteiger partial charge is 0.180 e. The van der Waals surface area contributed by atoms with Crippen molar-refractivity contribution in [2.45, 2.75) is 131 Å². The second kappa shape index (κ2) is 17.5. The molecular formula is C42H63N7O. The normalized spacial score (nSPS) is 11.9. The summed E-state index contributed by atoms with van der Waals surface area (Å²) in [5.41, 5.74) is 8.07. The standard InChI is InChI=1S/C11H14N2.C9H13N.C8H13N.C7H12N2.C7H11NO/c1-11(2,3)8-4-5-9-10(6-8)13-7-12-9;1-9(2,3)8-6-4-5-7-10-8;1-8(2,3)7-5-4-6-9-7;2*1-7(2,3)6-4-8-5-9-6/h4-7H,1-3H3,(H,12,13);4-7H,1-3H3;4-6,9H,1-3H3;4-5H,1-3H3,(H,8,9);4-5H,1-3H3. The van der Waals surface area contributed by atoms with Gasteiger partial charge in [-0.15, -0.1) is 0 Å². The first kappa shape index (κ1) is 41.7. The summed E-state index contributed by atoms with van der Waals surface area (Å²) in [7, 11) is 0. The van der Waals surface area contributed by atoms with Gasteiger partial charge in [0.15, 0.2) is 6.39 Å². The second-order valence-corrected chi connectivity index (χ2v) is 17.5. The number of oxazole rings is 1. The number of hydrogen-bond donors (Lipinski definition) is 3. The zero-order chi connectivity index (χ0) is 37.8. The van der Waals surface area contributed by atoms with Crippen LogP contribution >= 0.6 is 0 Å². The van der Waals surface area contributed by atoms with E-state index in [1.54, 1.807) is 18.9 Å². The molecule has 5 aromatic heterocycles. The van der Waals surface area contributed by atoms with Gasteiger partial charge < -0.3 is 19.4 Å². The Morgan fingerprint density at radius 1 is 0.540 bits per heavy atom. The number of H-pyrrole nitrogens is 3. The average Bonchev–Trinajstić information content (AvgIpc) is 3.84. The molecule has 8 heteroatoms. The van der Waals surface area contributed by atoms with Crippen molar-refractivity contribution in [3.8, 4) is 0 Å². The van der Waals surface area contributed by atoms with E-state index in [0.29, 0.717) is 0 Å². The summed E-state index contributed by atoms with van der Waals surface area (Å²) in [4.78, 5) is 25.6. The van der Waals surface area contributed by atoms with Crippen LogP contribution in [0.25, 0.3) is 11.0 Å². The van der Waals surface area contributed by atoms with Crippen LogP contribution in [0.4, 0.5) is 0 Å². The lowest BCUT2D eigenvalue weighted by atomic mass is 9.87. The number of nitrogens with zero attached hydrogens (tertiary/aromatic N) is 4. The van der Waals surface area contributed by atoms with E-state index in [9.17, 15) is 0 Å². The van der Waals surface area contributed by atoms with E-state index in [-0.39, 0.29) is 27.1 Å². The Labute approximate surface area is 301 Å². The van der Waals surface area contributed by atoms with E-state index >= 15 is 0 Å². The maximum atomic E-state index is 5.09. The summed E-state index contributed by atoms with van der Waals surface area (Å²) in [6, 6.07) is 16.5. The molecule has 8 nitrogen and oxygen atoms in total. The summed E-state index contributed by atoms with van der Waals surface area (Å²) in [6.07, 6.45) is 12.3. The highest BCUT2D eigenvalue weighted by Gasteiger charge is 2.17. The highest BCUT2D eigenvalue weighted by Crippen LogP contribution is 2.25. The highest BCUT2D eigenvalue weighted by atomic mass is 16.3. The van der Waals surface area contributed by atoms with Gasteiger partial charge in [0.05, 0.1) is 29.9 Å². The molecule has 3 N–H and O–H groups in total. The van der Waals surface area contributed by atoms with Crippen molar-refractivity contribution in [3.05, 3.63) is 121 Å². The van der Waals surface area contributed by atoms with Crippen molar-refractivity contribution in [3.63, 3.8) is 0 Å². The fourth-order valence-corrected chi connectivity index (χ4v) is 4.26. The number of rotatable bonds is 0. The number of fused-ring (bicyclic) bond motifs is 1. The largest absolute Gasteiger partial charge is 0.448 e. The molecule has 0 bridgehead atoms. The van der Waals surface area contributed by atoms with Crippen LogP contribution in [0.15, 0.2) is 96.8 Å². The number of hydrogen-bond acceptors (Lipinski definition) is 5. The Hall–Kier alpha value is -4.46. The van der Waals surface area contributed by atoms with Crippen LogP contribution in [-0.2, 0) is 27.1 Å². The quantitative estimate of drug-likeness (QED) is 0.148. The van der Waals surface area contributed by atoms with Gasteiger partial charge >= 0.3 is 0 Å². The zero-order valence-electron chi connectivity index (χ0n) is 33.4. The molecule has 5 heterocycles. The SMILES string of the molecule is CC(C)(C)c1ccc2nc[nH]c2c1.CC(C)(C)c1ccc[nH]1.CC(C)(C)c1ccccn1.CC(C)(C)c1cnc[nH]1.CC(C)(C)c1cnco1. The number of benzene rings is 1. The maximum absolute atomic E-state index is 5.09. The van der Waals surface area contributed by atoms with Crippen molar-refractivity contribution in [2.24, 2.45) is 0 Å². The van der Waals surface area contributed by atoms with Crippen LogP contribution in [-0.4, -0.2) is 34.9 Å². The molecule has 6 aromatic rings. The number of aromatic amines is 3. The van der Waals surface area contributed by atoms with Gasteiger partial charge in [0.2, 0.25) is 0 Å². The van der Waals surface area contributed by atoms with Gasteiger partial charge in [-0.25, -0.2) is 15.0 Å². The molecular weight excluding hydrogens is 619 g/mol. The molecule has 0 spiro atoms. The van der Waals surface area contributed by atoms with Crippen molar-refractivity contribution >= 4 is 11.0 Å². The number of imidazole rings is 2. The number of aromatic nitrogens is 7. The van der Waals surface area contributed by atoms with Gasteiger partial charge in [-0.05, 0) is 47.4 Å². The molecule has 0 amide bonds. The molecule has 0 atom stereocenters. The van der Waals surface area contributed by atoms with E-state index in [1.807, 2.05) is 36.8 Å². The molecule has 0 radical (unpaired) electrons. The second-order valence-electron chi connectivity index (χ2n) is 17.5. The summed E-state index contributed by atoms with van der Waals surface area (Å²) in [5.74, 6) is 0.933. The molecule has 272 valence electrons. The summed E-state index contributed by atoms with van der Waals surface area (Å²) >= 11 is 0. The summed E-state index contributed by atoms with van der Waals surface area (Å²) in [5, 5.41) is 0. The fourth-order valence-electron chi connectivity index (χ4n) is 4.26. The molecule has 0 aliphatic heterocycles. The minimum atomic E-state index is 0.0938. The van der Waals surface area contributed by atoms with Crippen LogP contribution in [0.2, 0.25) is 0 Å². The minimum absolute atomic E-state index is 0.0938. The van der Waals surface area contributed by atoms with Crippen LogP contribution in [0.5, 0.6) is 0 Å². The average molecular weight is 682 g/mol. The van der Waals surface area contributed by atoms with Crippen molar-refractivity contribution in [1.29, 1.82) is 0 Å². The zero-order valence-corrected chi connectivity index (χ0v) is 33.4. The van der Waals surface area contributed by atoms with Crippen LogP contribution in [0.1, 0.15) is 132 Å². The fraction of sp³-hybridized carbons (Fsp3) is 0.476.